The number of anilines is 1. The first-order valence-corrected chi connectivity index (χ1v) is 10.9. The first kappa shape index (κ1) is 19.1. The minimum atomic E-state index is -0.371. The Morgan fingerprint density at radius 3 is 2.78 bits per heavy atom. The Morgan fingerprint density at radius 2 is 2.06 bits per heavy atom. The monoisotopic (exact) mass is 431 g/mol. The van der Waals surface area contributed by atoms with Crippen LogP contribution >= 0.6 is 0 Å². The average molecular weight is 431 g/mol. The largest absolute Gasteiger partial charge is 0.315 e. The van der Waals surface area contributed by atoms with E-state index in [-0.39, 0.29) is 17.6 Å². The molecule has 1 aliphatic carbocycles. The summed E-state index contributed by atoms with van der Waals surface area (Å²) in [5.74, 6) is 0.383. The number of nitrogens with zero attached hydrogens (tertiary/aromatic N) is 5. The van der Waals surface area contributed by atoms with Crippen molar-refractivity contribution in [3.8, 4) is 5.69 Å². The van der Waals surface area contributed by atoms with Crippen LogP contribution in [0.1, 0.15) is 52.7 Å². The fourth-order valence-corrected chi connectivity index (χ4v) is 4.23. The lowest BCUT2D eigenvalue weighted by atomic mass is 9.80. The predicted octanol–water partition coefficient (Wildman–Crippen LogP) is 3.26. The van der Waals surface area contributed by atoms with Crippen LogP contribution in [0.25, 0.3) is 11.3 Å². The average Bonchev–Trinajstić information content (AvgIpc) is 3.30. The molecule has 0 spiro atoms. The number of hydrogen-bond donors (Lipinski definition) is 2. The Labute approximate surface area is 183 Å². The van der Waals surface area contributed by atoms with Gasteiger partial charge in [0, 0.05) is 37.5 Å². The maximum Gasteiger partial charge on any atom is 0.262 e. The van der Waals surface area contributed by atoms with Gasteiger partial charge in [-0.25, -0.2) is 18.6 Å². The van der Waals surface area contributed by atoms with Crippen LogP contribution < -0.4 is 10.6 Å². The molecule has 32 heavy (non-hydrogen) atoms. The zero-order valence-corrected chi connectivity index (χ0v) is 17.3. The number of carbonyl (C=O) groups is 1. The highest BCUT2D eigenvalue weighted by molar-refractivity contribution is 6.07. The molecule has 1 amide bonds. The molecule has 9 heteroatoms. The molecular formula is C23H22FN7O. The van der Waals surface area contributed by atoms with Crippen molar-refractivity contribution in [2.24, 2.45) is 0 Å². The van der Waals surface area contributed by atoms with Crippen molar-refractivity contribution in [3.63, 3.8) is 0 Å². The smallest absolute Gasteiger partial charge is 0.262 e. The van der Waals surface area contributed by atoms with E-state index in [1.165, 1.54) is 21.8 Å². The summed E-state index contributed by atoms with van der Waals surface area (Å²) >= 11 is 0. The van der Waals surface area contributed by atoms with Crippen LogP contribution in [0.15, 0.2) is 48.9 Å². The molecule has 162 valence electrons. The fraction of sp³-hybridized carbons (Fsp3) is 0.304. The fourth-order valence-electron chi connectivity index (χ4n) is 4.23. The number of hydrogen-bond acceptors (Lipinski definition) is 5. The molecule has 0 unspecified atom stereocenters. The SMILES string of the molecule is O=C(Nc1cc(C2CNC2)nn1-c1ccc(C2CCC2)cc1F)c1cnn2cccnc12. The summed E-state index contributed by atoms with van der Waals surface area (Å²) in [6, 6.07) is 8.89. The number of fused-ring (bicyclic) bond motifs is 1. The number of benzene rings is 1. The van der Waals surface area contributed by atoms with Gasteiger partial charge in [-0.15, -0.1) is 0 Å². The highest BCUT2D eigenvalue weighted by atomic mass is 19.1. The van der Waals surface area contributed by atoms with Crippen molar-refractivity contribution in [3.05, 3.63) is 71.6 Å². The summed E-state index contributed by atoms with van der Waals surface area (Å²) in [6.45, 7) is 1.62. The summed E-state index contributed by atoms with van der Waals surface area (Å²) in [5, 5.41) is 14.9. The van der Waals surface area contributed by atoms with Crippen molar-refractivity contribution in [1.82, 2.24) is 29.7 Å². The van der Waals surface area contributed by atoms with Crippen molar-refractivity contribution in [1.29, 1.82) is 0 Å². The van der Waals surface area contributed by atoms with Crippen molar-refractivity contribution in [2.75, 3.05) is 18.4 Å². The van der Waals surface area contributed by atoms with E-state index < -0.39 is 0 Å². The number of halogens is 1. The summed E-state index contributed by atoms with van der Waals surface area (Å²) in [4.78, 5) is 17.3. The number of rotatable bonds is 5. The van der Waals surface area contributed by atoms with Gasteiger partial charge in [-0.1, -0.05) is 12.5 Å². The van der Waals surface area contributed by atoms with E-state index in [0.717, 1.165) is 37.2 Å². The molecule has 1 saturated heterocycles. The van der Waals surface area contributed by atoms with E-state index in [4.69, 9.17) is 0 Å². The third-order valence-corrected chi connectivity index (χ3v) is 6.47. The van der Waals surface area contributed by atoms with Gasteiger partial charge in [0.15, 0.2) is 5.65 Å². The summed E-state index contributed by atoms with van der Waals surface area (Å²) < 4.78 is 18.2. The molecule has 0 atom stereocenters. The molecule has 8 nitrogen and oxygen atoms in total. The lowest BCUT2D eigenvalue weighted by molar-refractivity contribution is 0.102. The van der Waals surface area contributed by atoms with Crippen LogP contribution in [0.5, 0.6) is 0 Å². The topological polar surface area (TPSA) is 89.1 Å². The van der Waals surface area contributed by atoms with Crippen LogP contribution in [-0.2, 0) is 0 Å². The van der Waals surface area contributed by atoms with Gasteiger partial charge < -0.3 is 10.6 Å². The maximum absolute atomic E-state index is 15.2. The summed E-state index contributed by atoms with van der Waals surface area (Å²) in [6.07, 6.45) is 8.22. The maximum atomic E-state index is 15.2. The molecule has 4 aromatic rings. The number of amides is 1. The molecule has 6 rings (SSSR count). The Morgan fingerprint density at radius 1 is 1.19 bits per heavy atom. The predicted molar refractivity (Wildman–Crippen MR) is 117 cm³/mol. The van der Waals surface area contributed by atoms with E-state index in [0.29, 0.717) is 28.6 Å². The van der Waals surface area contributed by atoms with Gasteiger partial charge in [0.05, 0.1) is 11.9 Å². The Balaban J connectivity index is 1.36. The number of nitrogens with one attached hydrogen (secondary N) is 2. The molecular weight excluding hydrogens is 409 g/mol. The third-order valence-electron chi connectivity index (χ3n) is 6.47. The lowest BCUT2D eigenvalue weighted by Gasteiger charge is -2.26. The standard InChI is InChI=1S/C23H22FN7O/c24-18-9-15(14-3-1-4-14)5-6-20(18)31-21(10-19(29-31)16-11-25-12-16)28-23(32)17-13-27-30-8-2-7-26-22(17)30/h2,5-10,13-14,16,25H,1,3-4,11-12H2,(H,28,32). The second-order valence-electron chi connectivity index (χ2n) is 8.46. The normalized spacial score (nSPS) is 16.7. The van der Waals surface area contributed by atoms with Gasteiger partial charge >= 0.3 is 0 Å². The molecule has 2 N–H and O–H groups in total. The molecule has 1 aromatic carbocycles. The quantitative estimate of drug-likeness (QED) is 0.506. The van der Waals surface area contributed by atoms with E-state index >= 15 is 4.39 Å². The molecule has 2 fully saturated rings. The van der Waals surface area contributed by atoms with E-state index in [2.05, 4.69) is 25.8 Å². The highest BCUT2D eigenvalue weighted by Crippen LogP contribution is 2.37. The van der Waals surface area contributed by atoms with Gasteiger partial charge in [-0.3, -0.25) is 4.79 Å². The Hall–Kier alpha value is -3.59. The van der Waals surface area contributed by atoms with Crippen LogP contribution in [0, 0.1) is 5.82 Å². The minimum absolute atomic E-state index is 0.239. The third kappa shape index (κ3) is 3.16. The Bertz CT molecular complexity index is 1320. The highest BCUT2D eigenvalue weighted by Gasteiger charge is 2.26. The van der Waals surface area contributed by atoms with Gasteiger partial charge in [0.25, 0.3) is 5.91 Å². The van der Waals surface area contributed by atoms with E-state index in [1.54, 1.807) is 30.6 Å². The zero-order valence-electron chi connectivity index (χ0n) is 17.3. The molecule has 1 saturated carbocycles. The first-order chi connectivity index (χ1) is 15.7. The van der Waals surface area contributed by atoms with Crippen LogP contribution in [-0.4, -0.2) is 43.4 Å². The van der Waals surface area contributed by atoms with Gasteiger partial charge in [0.1, 0.15) is 22.9 Å². The molecule has 3 aromatic heterocycles. The van der Waals surface area contributed by atoms with Gasteiger partial charge in [0.2, 0.25) is 0 Å². The number of carbonyl (C=O) groups excluding carboxylic acids is 1. The molecule has 4 heterocycles. The molecule has 1 aliphatic heterocycles. The second kappa shape index (κ2) is 7.52. The molecule has 2 aliphatic rings. The zero-order chi connectivity index (χ0) is 21.7. The lowest BCUT2D eigenvalue weighted by Crippen LogP contribution is -2.40. The van der Waals surface area contributed by atoms with Crippen LogP contribution in [0.3, 0.4) is 0 Å². The van der Waals surface area contributed by atoms with Gasteiger partial charge in [-0.2, -0.15) is 10.2 Å². The van der Waals surface area contributed by atoms with E-state index in [9.17, 15) is 4.79 Å². The van der Waals surface area contributed by atoms with Gasteiger partial charge in [-0.05, 0) is 42.5 Å². The number of aromatic nitrogens is 5. The van der Waals surface area contributed by atoms with Crippen LogP contribution in [0.2, 0.25) is 0 Å². The minimum Gasteiger partial charge on any atom is -0.315 e. The van der Waals surface area contributed by atoms with Crippen molar-refractivity contribution in [2.45, 2.75) is 31.1 Å². The van der Waals surface area contributed by atoms with Crippen molar-refractivity contribution >= 4 is 17.4 Å². The first-order valence-electron chi connectivity index (χ1n) is 10.9. The van der Waals surface area contributed by atoms with E-state index in [1.807, 2.05) is 12.1 Å². The second-order valence-corrected chi connectivity index (χ2v) is 8.46. The van der Waals surface area contributed by atoms with Crippen molar-refractivity contribution < 1.29 is 9.18 Å². The van der Waals surface area contributed by atoms with Crippen LogP contribution in [0.4, 0.5) is 10.2 Å². The summed E-state index contributed by atoms with van der Waals surface area (Å²) in [7, 11) is 0. The molecule has 0 radical (unpaired) electrons. The summed E-state index contributed by atoms with van der Waals surface area (Å²) in [5.41, 5.74) is 2.96. The Kier molecular flexibility index (Phi) is 4.50. The molecule has 0 bridgehead atoms.